The molecule has 4 aliphatic carbocycles. The van der Waals surface area contributed by atoms with Crippen molar-refractivity contribution < 1.29 is 0 Å². The Hall–Kier alpha value is -1.72. The van der Waals surface area contributed by atoms with Crippen LogP contribution in [0.2, 0.25) is 0 Å². The zero-order valence-electron chi connectivity index (χ0n) is 24.7. The van der Waals surface area contributed by atoms with Crippen molar-refractivity contribution >= 4 is 0 Å². The molecule has 2 N–H and O–H groups in total. The van der Waals surface area contributed by atoms with Crippen molar-refractivity contribution in [2.45, 2.75) is 94.2 Å². The maximum atomic E-state index is 3.98. The van der Waals surface area contributed by atoms with Crippen LogP contribution in [0.3, 0.4) is 0 Å². The van der Waals surface area contributed by atoms with Gasteiger partial charge in [-0.2, -0.15) is 0 Å². The number of rotatable bonds is 13. The molecular weight excluding hydrogens is 488 g/mol. The zero-order chi connectivity index (χ0) is 26.7. The van der Waals surface area contributed by atoms with Crippen molar-refractivity contribution in [2.24, 2.45) is 10.8 Å². The average Bonchev–Trinajstić information content (AvgIpc) is 3.80. The van der Waals surface area contributed by atoms with Gasteiger partial charge in [0.25, 0.3) is 0 Å². The molecule has 40 heavy (non-hydrogen) atoms. The molecule has 2 unspecified atom stereocenters. The number of hydrogen-bond donors (Lipinski definition) is 2. The number of benzene rings is 2. The Labute approximate surface area is 242 Å². The molecule has 8 rings (SSSR count). The van der Waals surface area contributed by atoms with E-state index in [4.69, 9.17) is 0 Å². The van der Waals surface area contributed by atoms with Gasteiger partial charge < -0.3 is 20.4 Å². The Kier molecular flexibility index (Phi) is 6.63. The van der Waals surface area contributed by atoms with E-state index in [-0.39, 0.29) is 0 Å². The predicted molar refractivity (Wildman–Crippen MR) is 164 cm³/mol. The first-order valence-corrected chi connectivity index (χ1v) is 16.7. The molecule has 4 saturated carbocycles. The molecule has 2 heterocycles. The van der Waals surface area contributed by atoms with Crippen molar-refractivity contribution in [2.75, 3.05) is 45.8 Å². The summed E-state index contributed by atoms with van der Waals surface area (Å²) >= 11 is 0. The summed E-state index contributed by atoms with van der Waals surface area (Å²) in [6.07, 6.45) is 11.1. The molecule has 2 aromatic carbocycles. The molecule has 4 nitrogen and oxygen atoms in total. The topological polar surface area (TPSA) is 30.5 Å². The fraction of sp³-hybridized carbons (Fsp3) is 0.667. The van der Waals surface area contributed by atoms with E-state index in [1.165, 1.54) is 103 Å². The second-order valence-electron chi connectivity index (χ2n) is 15.1. The van der Waals surface area contributed by atoms with E-state index in [0.717, 1.165) is 23.8 Å². The van der Waals surface area contributed by atoms with Crippen molar-refractivity contribution in [3.8, 4) is 0 Å². The average molecular weight is 539 g/mol. The van der Waals surface area contributed by atoms with E-state index >= 15 is 0 Å². The van der Waals surface area contributed by atoms with Gasteiger partial charge in [0.05, 0.1) is 0 Å². The monoisotopic (exact) mass is 538 g/mol. The standard InChI is InChI=1S/C36H50N4/c1-26-6-5-17-40(26)25-36(15-16-36)23-38-34-19-32(34)29-11-9-27(10-12-29)30-20-39(21-30)24-35(13-14-35)22-37-33-18-31(33)28-7-3-2-4-8-28/h2-4,7-12,26,30-34,37-38H,5-6,13-25H2,1H3/t26-,31?,32?,33-,34-/m0/s1. The molecule has 0 bridgehead atoms. The molecule has 5 atom stereocenters. The smallest absolute Gasteiger partial charge is 0.0143 e. The maximum absolute atomic E-state index is 3.98. The van der Waals surface area contributed by atoms with Crippen molar-refractivity contribution in [3.63, 3.8) is 0 Å². The van der Waals surface area contributed by atoms with Gasteiger partial charge in [0, 0.05) is 75.1 Å². The Bertz CT molecular complexity index is 1160. The molecule has 214 valence electrons. The van der Waals surface area contributed by atoms with Gasteiger partial charge in [-0.05, 0) is 92.4 Å². The highest BCUT2D eigenvalue weighted by atomic mass is 15.2. The number of nitrogens with zero attached hydrogens (tertiary/aromatic N) is 2. The van der Waals surface area contributed by atoms with Crippen LogP contribution in [0.4, 0.5) is 0 Å². The summed E-state index contributed by atoms with van der Waals surface area (Å²) in [4.78, 5) is 5.49. The van der Waals surface area contributed by atoms with E-state index in [1.54, 1.807) is 11.1 Å². The van der Waals surface area contributed by atoms with Crippen LogP contribution in [-0.4, -0.2) is 73.7 Å². The molecule has 2 aromatic rings. The summed E-state index contributed by atoms with van der Waals surface area (Å²) in [5.41, 5.74) is 5.78. The normalized spacial score (nSPS) is 34.0. The minimum absolute atomic E-state index is 0.554. The highest BCUT2D eigenvalue weighted by Gasteiger charge is 2.49. The fourth-order valence-electron chi connectivity index (χ4n) is 8.17. The first-order valence-electron chi connectivity index (χ1n) is 16.7. The molecule has 6 fully saturated rings. The lowest BCUT2D eigenvalue weighted by molar-refractivity contribution is 0.115. The van der Waals surface area contributed by atoms with Crippen LogP contribution >= 0.6 is 0 Å². The lowest BCUT2D eigenvalue weighted by Crippen LogP contribution is -2.49. The fourth-order valence-corrected chi connectivity index (χ4v) is 8.17. The molecule has 2 saturated heterocycles. The summed E-state index contributed by atoms with van der Waals surface area (Å²) in [7, 11) is 0. The number of nitrogens with one attached hydrogen (secondary N) is 2. The second kappa shape index (κ2) is 10.2. The van der Waals surface area contributed by atoms with Gasteiger partial charge in [-0.15, -0.1) is 0 Å². The summed E-state index contributed by atoms with van der Waals surface area (Å²) in [5, 5.41) is 7.92. The molecule has 0 amide bonds. The third-order valence-corrected chi connectivity index (χ3v) is 11.8. The minimum Gasteiger partial charge on any atom is -0.313 e. The Morgan fingerprint density at radius 2 is 1.30 bits per heavy atom. The SMILES string of the molecule is C[C@H]1CCCN1CC1(CN[C@H]2CC2c2ccc(C3CN(CC4(CN[C@H]5CC5c5ccccc5)CC4)C3)cc2)CC1. The molecular formula is C36H50N4. The van der Waals surface area contributed by atoms with Crippen molar-refractivity contribution in [3.05, 3.63) is 71.3 Å². The minimum atomic E-state index is 0.554. The summed E-state index contributed by atoms with van der Waals surface area (Å²) in [6, 6.07) is 23.1. The number of hydrogen-bond acceptors (Lipinski definition) is 4. The van der Waals surface area contributed by atoms with Gasteiger partial charge in [-0.25, -0.2) is 0 Å². The van der Waals surface area contributed by atoms with Crippen LogP contribution in [0.5, 0.6) is 0 Å². The molecule has 0 spiro atoms. The van der Waals surface area contributed by atoms with Crippen LogP contribution in [0.15, 0.2) is 54.6 Å². The van der Waals surface area contributed by atoms with Gasteiger partial charge in [0.1, 0.15) is 0 Å². The van der Waals surface area contributed by atoms with Gasteiger partial charge in [0.2, 0.25) is 0 Å². The largest absolute Gasteiger partial charge is 0.313 e. The highest BCUT2D eigenvalue weighted by Crippen LogP contribution is 2.50. The van der Waals surface area contributed by atoms with Gasteiger partial charge in [0.15, 0.2) is 0 Å². The number of likely N-dealkylation sites (tertiary alicyclic amines) is 2. The Balaban J connectivity index is 0.753. The van der Waals surface area contributed by atoms with E-state index in [9.17, 15) is 0 Å². The third kappa shape index (κ3) is 5.54. The molecule has 0 aromatic heterocycles. The van der Waals surface area contributed by atoms with E-state index in [2.05, 4.69) is 82.0 Å². The maximum Gasteiger partial charge on any atom is 0.0143 e. The lowest BCUT2D eigenvalue weighted by atomic mass is 9.89. The van der Waals surface area contributed by atoms with Crippen LogP contribution in [0.1, 0.15) is 92.7 Å². The van der Waals surface area contributed by atoms with Crippen LogP contribution in [0, 0.1) is 10.8 Å². The van der Waals surface area contributed by atoms with Gasteiger partial charge >= 0.3 is 0 Å². The summed E-state index contributed by atoms with van der Waals surface area (Å²) in [5.74, 6) is 2.22. The molecule has 4 heteroatoms. The zero-order valence-corrected chi connectivity index (χ0v) is 24.7. The first kappa shape index (κ1) is 25.9. The highest BCUT2D eigenvalue weighted by molar-refractivity contribution is 5.34. The van der Waals surface area contributed by atoms with Gasteiger partial charge in [-0.1, -0.05) is 54.6 Å². The van der Waals surface area contributed by atoms with Crippen molar-refractivity contribution in [1.29, 1.82) is 0 Å². The summed E-state index contributed by atoms with van der Waals surface area (Å²) < 4.78 is 0. The van der Waals surface area contributed by atoms with E-state index < -0.39 is 0 Å². The van der Waals surface area contributed by atoms with Crippen LogP contribution in [-0.2, 0) is 0 Å². The Morgan fingerprint density at radius 3 is 1.88 bits per heavy atom. The van der Waals surface area contributed by atoms with E-state index in [1.807, 2.05) is 0 Å². The van der Waals surface area contributed by atoms with Crippen LogP contribution < -0.4 is 10.6 Å². The second-order valence-corrected chi connectivity index (χ2v) is 15.1. The van der Waals surface area contributed by atoms with Crippen LogP contribution in [0.25, 0.3) is 0 Å². The summed E-state index contributed by atoms with van der Waals surface area (Å²) in [6.45, 7) is 11.3. The Morgan fingerprint density at radius 1 is 0.725 bits per heavy atom. The molecule has 6 aliphatic rings. The quantitative estimate of drug-likeness (QED) is 0.341. The van der Waals surface area contributed by atoms with Crippen molar-refractivity contribution in [1.82, 2.24) is 20.4 Å². The van der Waals surface area contributed by atoms with E-state index in [0.29, 0.717) is 22.9 Å². The first-order chi connectivity index (χ1) is 19.6. The predicted octanol–water partition coefficient (Wildman–Crippen LogP) is 5.72. The van der Waals surface area contributed by atoms with Gasteiger partial charge in [-0.3, -0.25) is 0 Å². The molecule has 2 aliphatic heterocycles. The lowest BCUT2D eigenvalue weighted by Gasteiger charge is -2.42. The third-order valence-electron chi connectivity index (χ3n) is 11.8. The molecule has 0 radical (unpaired) electrons.